The molecule has 0 aromatic heterocycles. The molecule has 2 aromatic rings. The van der Waals surface area contributed by atoms with E-state index in [2.05, 4.69) is 4.40 Å². The average molecular weight is 414 g/mol. The minimum atomic E-state index is -3.69. The number of carbonyl (C=O) groups excluding carboxylic acids is 1. The second kappa shape index (κ2) is 6.77. The molecule has 0 N–H and O–H groups in total. The molecule has 0 unspecified atom stereocenters. The summed E-state index contributed by atoms with van der Waals surface area (Å²) in [4.78, 5) is 14.8. The van der Waals surface area contributed by atoms with Gasteiger partial charge in [-0.1, -0.05) is 12.1 Å². The summed E-state index contributed by atoms with van der Waals surface area (Å²) in [5, 5.41) is 0. The van der Waals surface area contributed by atoms with E-state index in [0.717, 1.165) is 6.42 Å². The molecule has 0 aliphatic carbocycles. The molecule has 1 atom stereocenters. The maximum Gasteiger partial charge on any atom is 0.316 e. The van der Waals surface area contributed by atoms with Crippen LogP contribution in [-0.2, 0) is 14.8 Å². The first kappa shape index (κ1) is 18.0. The summed E-state index contributed by atoms with van der Waals surface area (Å²) in [6, 6.07) is 11.7. The normalized spacial score (nSPS) is 21.4. The van der Waals surface area contributed by atoms with Crippen LogP contribution in [0, 0.1) is 5.92 Å². The zero-order valence-electron chi connectivity index (χ0n) is 15.4. The Morgan fingerprint density at radius 1 is 1.14 bits per heavy atom. The predicted molar refractivity (Wildman–Crippen MR) is 103 cm³/mol. The standard InChI is InChI=1S/C20H18N2O6S/c23-20(28-14-7-8-16-17(10-14)27-12-26-16)13-4-3-9-22(11-13)19-15-5-1-2-6-18(15)29(24,25)21-19/h1-2,5-8,10,13H,3-4,9,11-12H2/t13-/m1/s1. The highest BCUT2D eigenvalue weighted by Crippen LogP contribution is 2.36. The lowest BCUT2D eigenvalue weighted by Gasteiger charge is -2.32. The van der Waals surface area contributed by atoms with Crippen molar-refractivity contribution in [3.8, 4) is 17.2 Å². The number of esters is 1. The summed E-state index contributed by atoms with van der Waals surface area (Å²) < 4.78 is 44.7. The van der Waals surface area contributed by atoms with Crippen molar-refractivity contribution in [2.45, 2.75) is 17.7 Å². The fourth-order valence-electron chi connectivity index (χ4n) is 3.82. The van der Waals surface area contributed by atoms with E-state index < -0.39 is 10.0 Å². The lowest BCUT2D eigenvalue weighted by Crippen LogP contribution is -2.43. The van der Waals surface area contributed by atoms with Crippen LogP contribution in [0.3, 0.4) is 0 Å². The van der Waals surface area contributed by atoms with Gasteiger partial charge in [0.05, 0.1) is 5.92 Å². The Bertz CT molecular complexity index is 1130. The van der Waals surface area contributed by atoms with E-state index in [4.69, 9.17) is 14.2 Å². The Kier molecular flexibility index (Phi) is 4.20. The van der Waals surface area contributed by atoms with E-state index in [-0.39, 0.29) is 23.6 Å². The monoisotopic (exact) mass is 414 g/mol. The van der Waals surface area contributed by atoms with Crippen molar-refractivity contribution in [3.63, 3.8) is 0 Å². The molecule has 0 radical (unpaired) electrons. The van der Waals surface area contributed by atoms with Gasteiger partial charge in [0.2, 0.25) is 6.79 Å². The molecule has 150 valence electrons. The molecule has 29 heavy (non-hydrogen) atoms. The van der Waals surface area contributed by atoms with Crippen molar-refractivity contribution >= 4 is 21.8 Å². The molecule has 0 saturated carbocycles. The third-order valence-corrected chi connectivity index (χ3v) is 6.55. The van der Waals surface area contributed by atoms with Crippen LogP contribution in [0.2, 0.25) is 0 Å². The van der Waals surface area contributed by atoms with E-state index in [1.807, 2.05) is 4.90 Å². The molecule has 3 aliphatic heterocycles. The number of hydrogen-bond acceptors (Lipinski definition) is 7. The van der Waals surface area contributed by atoms with Gasteiger partial charge in [-0.2, -0.15) is 8.42 Å². The summed E-state index contributed by atoms with van der Waals surface area (Å²) in [5.41, 5.74) is 0.581. The Balaban J connectivity index is 1.33. The van der Waals surface area contributed by atoms with E-state index in [1.54, 1.807) is 42.5 Å². The van der Waals surface area contributed by atoms with Gasteiger partial charge < -0.3 is 19.1 Å². The average Bonchev–Trinajstić information content (AvgIpc) is 3.30. The highest BCUT2D eigenvalue weighted by Gasteiger charge is 2.35. The van der Waals surface area contributed by atoms with Crippen molar-refractivity contribution < 1.29 is 27.4 Å². The smallest absolute Gasteiger partial charge is 0.316 e. The van der Waals surface area contributed by atoms with Crippen LogP contribution in [0.5, 0.6) is 17.2 Å². The number of carbonyl (C=O) groups is 1. The number of piperidine rings is 1. The zero-order valence-corrected chi connectivity index (χ0v) is 16.2. The first-order chi connectivity index (χ1) is 14.0. The topological polar surface area (TPSA) is 94.5 Å². The predicted octanol–water partition coefficient (Wildman–Crippen LogP) is 2.18. The van der Waals surface area contributed by atoms with Crippen molar-refractivity contribution in [1.82, 2.24) is 4.90 Å². The van der Waals surface area contributed by atoms with Gasteiger partial charge in [-0.05, 0) is 37.1 Å². The number of ether oxygens (including phenoxy) is 3. The second-order valence-electron chi connectivity index (χ2n) is 7.11. The van der Waals surface area contributed by atoms with Gasteiger partial charge in [-0.15, -0.1) is 4.40 Å². The van der Waals surface area contributed by atoms with E-state index in [1.165, 1.54) is 0 Å². The fourth-order valence-corrected chi connectivity index (χ4v) is 5.05. The van der Waals surface area contributed by atoms with Gasteiger partial charge in [0.15, 0.2) is 17.3 Å². The van der Waals surface area contributed by atoms with Crippen LogP contribution in [0.15, 0.2) is 51.8 Å². The highest BCUT2D eigenvalue weighted by atomic mass is 32.2. The highest BCUT2D eigenvalue weighted by molar-refractivity contribution is 7.90. The maximum atomic E-state index is 12.7. The van der Waals surface area contributed by atoms with Crippen LogP contribution < -0.4 is 14.2 Å². The lowest BCUT2D eigenvalue weighted by molar-refractivity contribution is -0.140. The van der Waals surface area contributed by atoms with Crippen LogP contribution in [0.25, 0.3) is 0 Å². The number of amidine groups is 1. The largest absolute Gasteiger partial charge is 0.454 e. The Morgan fingerprint density at radius 2 is 1.97 bits per heavy atom. The Labute approximate surface area is 167 Å². The SMILES string of the molecule is O=C(Oc1ccc2c(c1)OCO2)[C@@H]1CCCN(C2=NS(=O)(=O)c3ccccc32)C1. The Morgan fingerprint density at radius 3 is 2.86 bits per heavy atom. The van der Waals surface area contributed by atoms with Gasteiger partial charge in [0.25, 0.3) is 10.0 Å². The molecule has 3 heterocycles. The molecule has 0 bridgehead atoms. The molecule has 5 rings (SSSR count). The molecule has 9 heteroatoms. The minimum Gasteiger partial charge on any atom is -0.454 e. The summed E-state index contributed by atoms with van der Waals surface area (Å²) >= 11 is 0. The fraction of sp³-hybridized carbons (Fsp3) is 0.300. The molecule has 2 aromatic carbocycles. The lowest BCUT2D eigenvalue weighted by atomic mass is 9.97. The molecule has 8 nitrogen and oxygen atoms in total. The second-order valence-corrected chi connectivity index (χ2v) is 8.68. The van der Waals surface area contributed by atoms with Gasteiger partial charge >= 0.3 is 5.97 Å². The summed E-state index contributed by atoms with van der Waals surface area (Å²) in [6.07, 6.45) is 1.41. The van der Waals surface area contributed by atoms with Crippen molar-refractivity contribution in [2.24, 2.45) is 10.3 Å². The number of benzene rings is 2. The summed E-state index contributed by atoms with van der Waals surface area (Å²) in [7, 11) is -3.69. The zero-order chi connectivity index (χ0) is 20.0. The van der Waals surface area contributed by atoms with Gasteiger partial charge in [0, 0.05) is 24.7 Å². The van der Waals surface area contributed by atoms with Gasteiger partial charge in [-0.25, -0.2) is 0 Å². The molecule has 1 saturated heterocycles. The first-order valence-corrected chi connectivity index (χ1v) is 10.8. The van der Waals surface area contributed by atoms with Crippen LogP contribution in [0.1, 0.15) is 18.4 Å². The van der Waals surface area contributed by atoms with Gasteiger partial charge in [0.1, 0.15) is 10.6 Å². The molecular weight excluding hydrogens is 396 g/mol. The van der Waals surface area contributed by atoms with Gasteiger partial charge in [-0.3, -0.25) is 4.79 Å². The summed E-state index contributed by atoms with van der Waals surface area (Å²) in [5.74, 6) is 1.22. The molecule has 1 fully saturated rings. The van der Waals surface area contributed by atoms with Crippen LogP contribution >= 0.6 is 0 Å². The van der Waals surface area contributed by atoms with Crippen LogP contribution in [-0.4, -0.2) is 45.0 Å². The van der Waals surface area contributed by atoms with E-state index >= 15 is 0 Å². The number of hydrogen-bond donors (Lipinski definition) is 0. The number of likely N-dealkylation sites (tertiary alicyclic amines) is 1. The third-order valence-electron chi connectivity index (χ3n) is 5.23. The van der Waals surface area contributed by atoms with E-state index in [0.29, 0.717) is 48.2 Å². The number of sulfonamides is 1. The molecule has 0 spiro atoms. The number of nitrogens with zero attached hydrogens (tertiary/aromatic N) is 2. The van der Waals surface area contributed by atoms with Crippen molar-refractivity contribution in [1.29, 1.82) is 0 Å². The quantitative estimate of drug-likeness (QED) is 0.549. The number of fused-ring (bicyclic) bond motifs is 2. The first-order valence-electron chi connectivity index (χ1n) is 9.32. The Hall–Kier alpha value is -3.07. The van der Waals surface area contributed by atoms with E-state index in [9.17, 15) is 13.2 Å². The third kappa shape index (κ3) is 3.21. The molecule has 0 amide bonds. The van der Waals surface area contributed by atoms with Crippen LogP contribution in [0.4, 0.5) is 0 Å². The van der Waals surface area contributed by atoms with Crippen molar-refractivity contribution in [3.05, 3.63) is 48.0 Å². The molecule has 3 aliphatic rings. The maximum absolute atomic E-state index is 12.7. The van der Waals surface area contributed by atoms with Crippen molar-refractivity contribution in [2.75, 3.05) is 19.9 Å². The molecular formula is C20H18N2O6S. The number of rotatable bonds is 2. The minimum absolute atomic E-state index is 0.150. The summed E-state index contributed by atoms with van der Waals surface area (Å²) in [6.45, 7) is 1.14.